The van der Waals surface area contributed by atoms with Gasteiger partial charge in [-0.1, -0.05) is 43.0 Å². The summed E-state index contributed by atoms with van der Waals surface area (Å²) in [5.74, 6) is 0. The molecule has 0 saturated carbocycles. The fourth-order valence-electron chi connectivity index (χ4n) is 0.589. The summed E-state index contributed by atoms with van der Waals surface area (Å²) < 4.78 is 8.88. The Balaban J connectivity index is -0.000000185. The quantitative estimate of drug-likeness (QED) is 0.390. The summed E-state index contributed by atoms with van der Waals surface area (Å²) in [6.07, 6.45) is 1.83. The van der Waals surface area contributed by atoms with Crippen molar-refractivity contribution in [3.8, 4) is 0 Å². The van der Waals surface area contributed by atoms with E-state index < -0.39 is 7.82 Å². The molecule has 0 unspecified atom stereocenters. The van der Waals surface area contributed by atoms with Crippen molar-refractivity contribution in [2.75, 3.05) is 0 Å². The molecule has 74 valence electrons. The first kappa shape index (κ1) is 16.1. The van der Waals surface area contributed by atoms with Crippen molar-refractivity contribution in [1.29, 1.82) is 0 Å². The van der Waals surface area contributed by atoms with Crippen LogP contribution in [-0.2, 0) is 4.57 Å². The van der Waals surface area contributed by atoms with Gasteiger partial charge in [-0.2, -0.15) is 0 Å². The van der Waals surface area contributed by atoms with Crippen LogP contribution in [-0.4, -0.2) is 14.7 Å². The van der Waals surface area contributed by atoms with Crippen molar-refractivity contribution in [1.82, 2.24) is 0 Å². The Hall–Kier alpha value is -0.333. The molecule has 0 aliphatic carbocycles. The number of phosphoric acid groups is 1. The zero-order valence-corrected chi connectivity index (χ0v) is 8.76. The Labute approximate surface area is 96.2 Å². The Kier molecular flexibility index (Phi) is 9.22. The molecule has 4 nitrogen and oxygen atoms in total. The molecule has 0 bridgehead atoms. The molecule has 1 aromatic rings. The van der Waals surface area contributed by atoms with E-state index in [4.69, 9.17) is 19.2 Å². The van der Waals surface area contributed by atoms with Gasteiger partial charge in [0.2, 0.25) is 0 Å². The first-order valence-corrected chi connectivity index (χ1v) is 4.96. The zero-order chi connectivity index (χ0) is 10.3. The van der Waals surface area contributed by atoms with E-state index in [2.05, 4.69) is 6.58 Å². The maximum absolute atomic E-state index is 8.88. The summed E-state index contributed by atoms with van der Waals surface area (Å²) in [6, 6.07) is 10.0. The fraction of sp³-hybridized carbons (Fsp3) is 0. The monoisotopic (exact) mass is 210 g/mol. The second-order valence-corrected chi connectivity index (χ2v) is 3.15. The van der Waals surface area contributed by atoms with Gasteiger partial charge in [0.15, 0.2) is 0 Å². The molecular formula is C8H12LiO4P. The van der Waals surface area contributed by atoms with Crippen LogP contribution in [0.4, 0.5) is 0 Å². The molecule has 0 atom stereocenters. The summed E-state index contributed by atoms with van der Waals surface area (Å²) in [4.78, 5) is 21.6. The van der Waals surface area contributed by atoms with Gasteiger partial charge in [0.25, 0.3) is 0 Å². The van der Waals surface area contributed by atoms with Gasteiger partial charge in [0.05, 0.1) is 0 Å². The van der Waals surface area contributed by atoms with Gasteiger partial charge in [-0.05, 0) is 5.56 Å². The SMILES string of the molecule is C=Cc1ccccc1.O=P(O)(O)O.[H-].[Li+]. The van der Waals surface area contributed by atoms with Crippen LogP contribution in [0.1, 0.15) is 6.99 Å². The maximum Gasteiger partial charge on any atom is 1.00 e. The summed E-state index contributed by atoms with van der Waals surface area (Å²) in [7, 11) is -4.64. The number of benzene rings is 1. The Morgan fingerprint density at radius 1 is 1.21 bits per heavy atom. The summed E-state index contributed by atoms with van der Waals surface area (Å²) in [6.45, 7) is 3.63. The second-order valence-electron chi connectivity index (χ2n) is 2.13. The molecule has 0 aliphatic rings. The smallest absolute Gasteiger partial charge is 1.00 e. The van der Waals surface area contributed by atoms with Gasteiger partial charge >= 0.3 is 26.7 Å². The Morgan fingerprint density at radius 3 is 1.79 bits per heavy atom. The third-order valence-electron chi connectivity index (χ3n) is 1.04. The molecule has 1 rings (SSSR count). The predicted molar refractivity (Wildman–Crippen MR) is 51.9 cm³/mol. The van der Waals surface area contributed by atoms with Crippen molar-refractivity contribution in [2.45, 2.75) is 0 Å². The average molecular weight is 210 g/mol. The first-order valence-electron chi connectivity index (χ1n) is 3.39. The minimum Gasteiger partial charge on any atom is -1.00 e. The van der Waals surface area contributed by atoms with Crippen LogP contribution < -0.4 is 18.9 Å². The third kappa shape index (κ3) is 14.2. The van der Waals surface area contributed by atoms with Crippen LogP contribution in [0, 0.1) is 0 Å². The van der Waals surface area contributed by atoms with E-state index >= 15 is 0 Å². The van der Waals surface area contributed by atoms with E-state index in [0.29, 0.717) is 0 Å². The molecule has 0 fully saturated rings. The Bertz CT molecular complexity index is 293. The zero-order valence-electron chi connectivity index (χ0n) is 8.87. The van der Waals surface area contributed by atoms with Crippen molar-refractivity contribution in [3.63, 3.8) is 0 Å². The van der Waals surface area contributed by atoms with Gasteiger partial charge in [-0.3, -0.25) is 0 Å². The van der Waals surface area contributed by atoms with Crippen molar-refractivity contribution in [3.05, 3.63) is 42.5 Å². The molecular weight excluding hydrogens is 198 g/mol. The molecule has 0 aromatic heterocycles. The van der Waals surface area contributed by atoms with Crippen molar-refractivity contribution in [2.24, 2.45) is 0 Å². The molecule has 6 heteroatoms. The standard InChI is InChI=1S/C8H8.Li.H3O4P.H/c1-2-8-6-4-3-5-7-8;;1-5(2,3)4;/h2-7H,1H2;;(H3,1,2,3,4);/q;+1;;-1. The molecule has 14 heavy (non-hydrogen) atoms. The minimum atomic E-state index is -4.64. The molecule has 0 heterocycles. The average Bonchev–Trinajstić information content (AvgIpc) is 2.03. The van der Waals surface area contributed by atoms with E-state index in [0.717, 1.165) is 0 Å². The summed E-state index contributed by atoms with van der Waals surface area (Å²) in [5, 5.41) is 0. The maximum atomic E-state index is 8.88. The summed E-state index contributed by atoms with van der Waals surface area (Å²) >= 11 is 0. The molecule has 0 radical (unpaired) electrons. The molecule has 0 aliphatic heterocycles. The summed E-state index contributed by atoms with van der Waals surface area (Å²) in [5.41, 5.74) is 1.17. The van der Waals surface area contributed by atoms with Gasteiger partial charge < -0.3 is 16.1 Å². The second kappa shape index (κ2) is 8.02. The van der Waals surface area contributed by atoms with E-state index in [9.17, 15) is 0 Å². The topological polar surface area (TPSA) is 77.8 Å². The van der Waals surface area contributed by atoms with Gasteiger partial charge in [0.1, 0.15) is 0 Å². The van der Waals surface area contributed by atoms with Gasteiger partial charge in [-0.25, -0.2) is 4.57 Å². The van der Waals surface area contributed by atoms with Crippen LogP contribution in [0.5, 0.6) is 0 Å². The van der Waals surface area contributed by atoms with Crippen molar-refractivity contribution >= 4 is 13.9 Å². The number of hydrogen-bond acceptors (Lipinski definition) is 1. The number of hydrogen-bond donors (Lipinski definition) is 3. The van der Waals surface area contributed by atoms with E-state index in [1.54, 1.807) is 0 Å². The van der Waals surface area contributed by atoms with E-state index in [-0.39, 0.29) is 20.3 Å². The van der Waals surface area contributed by atoms with Crippen LogP contribution in [0.2, 0.25) is 0 Å². The van der Waals surface area contributed by atoms with E-state index in [1.807, 2.05) is 36.4 Å². The largest absolute Gasteiger partial charge is 1.00 e. The molecule has 0 saturated heterocycles. The Morgan fingerprint density at radius 2 is 1.57 bits per heavy atom. The van der Waals surface area contributed by atoms with Crippen LogP contribution in [0.15, 0.2) is 36.9 Å². The first-order chi connectivity index (χ1) is 5.93. The molecule has 1 aromatic carbocycles. The molecule has 0 amide bonds. The third-order valence-corrected chi connectivity index (χ3v) is 1.04. The molecule has 3 N–H and O–H groups in total. The fourth-order valence-corrected chi connectivity index (χ4v) is 0.589. The van der Waals surface area contributed by atoms with Gasteiger partial charge in [-0.15, -0.1) is 0 Å². The predicted octanol–water partition coefficient (Wildman–Crippen LogP) is -1.48. The van der Waals surface area contributed by atoms with Crippen molar-refractivity contribution < 1.29 is 39.5 Å². The van der Waals surface area contributed by atoms with Gasteiger partial charge in [0, 0.05) is 0 Å². The van der Waals surface area contributed by atoms with E-state index in [1.165, 1.54) is 5.56 Å². The van der Waals surface area contributed by atoms with Crippen LogP contribution >= 0.6 is 7.82 Å². The normalized spacial score (nSPS) is 9.07. The van der Waals surface area contributed by atoms with Crippen LogP contribution in [0.3, 0.4) is 0 Å². The molecule has 0 spiro atoms. The van der Waals surface area contributed by atoms with Crippen LogP contribution in [0.25, 0.3) is 6.08 Å². The minimum absolute atomic E-state index is 0. The number of rotatable bonds is 1.